The van der Waals surface area contributed by atoms with Crippen LogP contribution >= 0.6 is 0 Å². The summed E-state index contributed by atoms with van der Waals surface area (Å²) in [6.07, 6.45) is 6.82. The Kier molecular flexibility index (Phi) is 4.84. The molecule has 1 aromatic rings. The van der Waals surface area contributed by atoms with Gasteiger partial charge in [-0.25, -0.2) is 0 Å². The van der Waals surface area contributed by atoms with E-state index >= 15 is 0 Å². The van der Waals surface area contributed by atoms with Crippen molar-refractivity contribution in [3.8, 4) is 0 Å². The number of rotatable bonds is 5. The molecule has 2 fully saturated rings. The van der Waals surface area contributed by atoms with Gasteiger partial charge in [-0.2, -0.15) is 0 Å². The summed E-state index contributed by atoms with van der Waals surface area (Å²) in [6, 6.07) is 10.0. The molecule has 21 heavy (non-hydrogen) atoms. The molecule has 0 bridgehead atoms. The molecular formula is C19H30N2. The molecule has 2 aliphatic rings. The van der Waals surface area contributed by atoms with Crippen molar-refractivity contribution in [2.45, 2.75) is 58.5 Å². The zero-order valence-electron chi connectivity index (χ0n) is 13.6. The van der Waals surface area contributed by atoms with Crippen LogP contribution in [-0.4, -0.2) is 19.1 Å². The van der Waals surface area contributed by atoms with E-state index in [9.17, 15) is 0 Å². The van der Waals surface area contributed by atoms with Crippen molar-refractivity contribution in [3.63, 3.8) is 0 Å². The molecule has 1 N–H and O–H groups in total. The van der Waals surface area contributed by atoms with Crippen molar-refractivity contribution in [1.82, 2.24) is 5.32 Å². The first-order chi connectivity index (χ1) is 10.2. The summed E-state index contributed by atoms with van der Waals surface area (Å²) in [5.41, 5.74) is 2.83. The van der Waals surface area contributed by atoms with Gasteiger partial charge in [0.05, 0.1) is 0 Å². The van der Waals surface area contributed by atoms with Crippen LogP contribution in [0.1, 0.15) is 51.5 Å². The third kappa shape index (κ3) is 4.23. The summed E-state index contributed by atoms with van der Waals surface area (Å²) in [6.45, 7) is 8.23. The predicted molar refractivity (Wildman–Crippen MR) is 90.7 cm³/mol. The molecule has 1 unspecified atom stereocenters. The summed E-state index contributed by atoms with van der Waals surface area (Å²) in [7, 11) is 0. The molecule has 1 heterocycles. The molecule has 1 aliphatic carbocycles. The van der Waals surface area contributed by atoms with Crippen molar-refractivity contribution < 1.29 is 0 Å². The molecule has 2 heteroatoms. The lowest BCUT2D eigenvalue weighted by molar-refractivity contribution is 0.351. The number of nitrogens with one attached hydrogen (secondary N) is 1. The zero-order chi connectivity index (χ0) is 14.7. The fourth-order valence-corrected chi connectivity index (χ4v) is 3.42. The Hall–Kier alpha value is -1.02. The molecular weight excluding hydrogens is 256 g/mol. The molecule has 0 amide bonds. The van der Waals surface area contributed by atoms with Gasteiger partial charge in [0.25, 0.3) is 0 Å². The first-order valence-electron chi connectivity index (χ1n) is 8.79. The molecule has 2 nitrogen and oxygen atoms in total. The second-order valence-electron chi connectivity index (χ2n) is 7.24. The van der Waals surface area contributed by atoms with E-state index < -0.39 is 0 Å². The molecule has 1 aromatic carbocycles. The van der Waals surface area contributed by atoms with Gasteiger partial charge in [-0.3, -0.25) is 0 Å². The van der Waals surface area contributed by atoms with Gasteiger partial charge in [-0.15, -0.1) is 0 Å². The monoisotopic (exact) mass is 286 g/mol. The van der Waals surface area contributed by atoms with Crippen LogP contribution < -0.4 is 10.2 Å². The van der Waals surface area contributed by atoms with E-state index in [1.165, 1.54) is 56.4 Å². The summed E-state index contributed by atoms with van der Waals surface area (Å²) in [4.78, 5) is 2.58. The standard InChI is InChI=1S/C19H30N2/c1-15(2)17-4-3-12-21(13-11-17)19-9-5-16(6-10-19)14-20-18-7-8-18/h5-6,9-10,15,17-18,20H,3-4,7-8,11-14H2,1-2H3. The van der Waals surface area contributed by atoms with Crippen molar-refractivity contribution in [2.24, 2.45) is 11.8 Å². The van der Waals surface area contributed by atoms with Gasteiger partial charge in [0.2, 0.25) is 0 Å². The Labute approximate surface area is 129 Å². The maximum Gasteiger partial charge on any atom is 0.0366 e. The lowest BCUT2D eigenvalue weighted by Gasteiger charge is -2.24. The predicted octanol–water partition coefficient (Wildman–Crippen LogP) is 4.20. The largest absolute Gasteiger partial charge is 0.372 e. The second-order valence-corrected chi connectivity index (χ2v) is 7.24. The van der Waals surface area contributed by atoms with Crippen LogP contribution in [0.3, 0.4) is 0 Å². The van der Waals surface area contributed by atoms with Crippen LogP contribution in [0.15, 0.2) is 24.3 Å². The molecule has 3 rings (SSSR count). The van der Waals surface area contributed by atoms with Crippen LogP contribution in [0.25, 0.3) is 0 Å². The minimum absolute atomic E-state index is 0.795. The molecule has 0 spiro atoms. The van der Waals surface area contributed by atoms with Gasteiger partial charge in [0.1, 0.15) is 0 Å². The molecule has 0 radical (unpaired) electrons. The SMILES string of the molecule is CC(C)C1CCCN(c2ccc(CNC3CC3)cc2)CC1. The van der Waals surface area contributed by atoms with Crippen molar-refractivity contribution in [2.75, 3.05) is 18.0 Å². The first kappa shape index (κ1) is 14.9. The molecule has 1 atom stereocenters. The normalized spacial score (nSPS) is 23.4. The van der Waals surface area contributed by atoms with Gasteiger partial charge in [0, 0.05) is 31.4 Å². The average molecular weight is 286 g/mol. The second kappa shape index (κ2) is 6.83. The summed E-state index contributed by atoms with van der Waals surface area (Å²) in [5.74, 6) is 1.75. The minimum Gasteiger partial charge on any atom is -0.372 e. The Morgan fingerprint density at radius 3 is 2.48 bits per heavy atom. The maximum atomic E-state index is 3.59. The highest BCUT2D eigenvalue weighted by atomic mass is 15.1. The molecule has 1 aliphatic heterocycles. The molecule has 1 saturated heterocycles. The summed E-state index contributed by atoms with van der Waals surface area (Å²) < 4.78 is 0. The lowest BCUT2D eigenvalue weighted by Crippen LogP contribution is -2.24. The minimum atomic E-state index is 0.795. The van der Waals surface area contributed by atoms with Crippen molar-refractivity contribution in [3.05, 3.63) is 29.8 Å². The maximum absolute atomic E-state index is 3.59. The van der Waals surface area contributed by atoms with Gasteiger partial charge >= 0.3 is 0 Å². The Morgan fingerprint density at radius 1 is 1.05 bits per heavy atom. The van der Waals surface area contributed by atoms with E-state index in [1.54, 1.807) is 0 Å². The summed E-state index contributed by atoms with van der Waals surface area (Å²) in [5, 5.41) is 3.59. The van der Waals surface area contributed by atoms with Gasteiger partial charge < -0.3 is 10.2 Å². The zero-order valence-corrected chi connectivity index (χ0v) is 13.6. The Morgan fingerprint density at radius 2 is 1.81 bits per heavy atom. The number of hydrogen-bond acceptors (Lipinski definition) is 2. The highest BCUT2D eigenvalue weighted by Crippen LogP contribution is 2.27. The molecule has 1 saturated carbocycles. The highest BCUT2D eigenvalue weighted by molar-refractivity contribution is 5.47. The van der Waals surface area contributed by atoms with Crippen LogP contribution in [-0.2, 0) is 6.54 Å². The van der Waals surface area contributed by atoms with Gasteiger partial charge in [0.15, 0.2) is 0 Å². The van der Waals surface area contributed by atoms with E-state index in [4.69, 9.17) is 0 Å². The van der Waals surface area contributed by atoms with Crippen molar-refractivity contribution >= 4 is 5.69 Å². The van der Waals surface area contributed by atoms with Crippen LogP contribution in [0.2, 0.25) is 0 Å². The number of nitrogens with zero attached hydrogens (tertiary/aromatic N) is 1. The van der Waals surface area contributed by atoms with E-state index in [0.29, 0.717) is 0 Å². The quantitative estimate of drug-likeness (QED) is 0.872. The molecule has 0 aromatic heterocycles. The Bertz CT molecular complexity index is 433. The first-order valence-corrected chi connectivity index (χ1v) is 8.79. The van der Waals surface area contributed by atoms with E-state index in [1.807, 2.05) is 0 Å². The van der Waals surface area contributed by atoms with Gasteiger partial charge in [-0.1, -0.05) is 26.0 Å². The fraction of sp³-hybridized carbons (Fsp3) is 0.684. The van der Waals surface area contributed by atoms with Crippen LogP contribution in [0.4, 0.5) is 5.69 Å². The van der Waals surface area contributed by atoms with Gasteiger partial charge in [-0.05, 0) is 61.6 Å². The topological polar surface area (TPSA) is 15.3 Å². The van der Waals surface area contributed by atoms with Crippen molar-refractivity contribution in [1.29, 1.82) is 0 Å². The molecule has 116 valence electrons. The smallest absolute Gasteiger partial charge is 0.0366 e. The number of anilines is 1. The van der Waals surface area contributed by atoms with E-state index in [-0.39, 0.29) is 0 Å². The number of hydrogen-bond donors (Lipinski definition) is 1. The summed E-state index contributed by atoms with van der Waals surface area (Å²) >= 11 is 0. The van der Waals surface area contributed by atoms with E-state index in [0.717, 1.165) is 24.4 Å². The average Bonchev–Trinajstić information content (AvgIpc) is 3.32. The highest BCUT2D eigenvalue weighted by Gasteiger charge is 2.21. The third-order valence-corrected chi connectivity index (χ3v) is 5.19. The third-order valence-electron chi connectivity index (χ3n) is 5.19. The van der Waals surface area contributed by atoms with Crippen LogP contribution in [0, 0.1) is 11.8 Å². The van der Waals surface area contributed by atoms with E-state index in [2.05, 4.69) is 48.3 Å². The lowest BCUT2D eigenvalue weighted by atomic mass is 9.89. The fourth-order valence-electron chi connectivity index (χ4n) is 3.42. The van der Waals surface area contributed by atoms with Crippen LogP contribution in [0.5, 0.6) is 0 Å². The number of benzene rings is 1. The Balaban J connectivity index is 1.55.